The van der Waals surface area contributed by atoms with Crippen LogP contribution in [0.15, 0.2) is 24.3 Å². The van der Waals surface area contributed by atoms with Crippen molar-refractivity contribution in [3.05, 3.63) is 35.4 Å². The molecule has 1 aliphatic heterocycles. The molecule has 0 spiro atoms. The van der Waals surface area contributed by atoms with E-state index in [-0.39, 0.29) is 18.4 Å². The minimum Gasteiger partial charge on any atom is -0.385 e. The molecule has 1 heterocycles. The average molecular weight is 277 g/mol. The third-order valence-corrected chi connectivity index (χ3v) is 3.48. The summed E-state index contributed by atoms with van der Waals surface area (Å²) in [6, 6.07) is 4.00. The second kappa shape index (κ2) is 5.09. The molecule has 1 unspecified atom stereocenters. The van der Waals surface area contributed by atoms with Gasteiger partial charge in [-0.3, -0.25) is 0 Å². The van der Waals surface area contributed by atoms with E-state index in [9.17, 15) is 22.7 Å². The van der Waals surface area contributed by atoms with E-state index in [1.165, 1.54) is 0 Å². The van der Waals surface area contributed by atoms with Gasteiger partial charge in [-0.15, -0.1) is 0 Å². The van der Waals surface area contributed by atoms with Gasteiger partial charge in [0.15, 0.2) is 0 Å². The Morgan fingerprint density at radius 1 is 1.11 bits per heavy atom. The van der Waals surface area contributed by atoms with Gasteiger partial charge in [-0.1, -0.05) is 12.1 Å². The fourth-order valence-electron chi connectivity index (χ4n) is 2.27. The predicted octanol–water partition coefficient (Wildman–Crippen LogP) is 2.83. The van der Waals surface area contributed by atoms with Crippen LogP contribution in [0.25, 0.3) is 0 Å². The van der Waals surface area contributed by atoms with Crippen LogP contribution in [0, 0.1) is 0 Å². The summed E-state index contributed by atoms with van der Waals surface area (Å²) >= 11 is 0. The minimum atomic E-state index is -4.42. The summed E-state index contributed by atoms with van der Waals surface area (Å²) in [6.45, 7) is 0.905. The zero-order valence-corrected chi connectivity index (χ0v) is 10.2. The molecule has 1 aromatic carbocycles. The first-order valence-electron chi connectivity index (χ1n) is 6.08. The van der Waals surface area contributed by atoms with Gasteiger partial charge in [-0.2, -0.15) is 13.2 Å². The zero-order chi connectivity index (χ0) is 14.1. The molecule has 2 nitrogen and oxygen atoms in total. The van der Waals surface area contributed by atoms with Crippen molar-refractivity contribution in [2.75, 3.05) is 13.1 Å². The topological polar surface area (TPSA) is 32.3 Å². The molecule has 0 aromatic heterocycles. The maximum atomic E-state index is 14.5. The summed E-state index contributed by atoms with van der Waals surface area (Å²) in [4.78, 5) is 0. The van der Waals surface area contributed by atoms with Crippen LogP contribution in [-0.2, 0) is 6.18 Å². The van der Waals surface area contributed by atoms with Crippen molar-refractivity contribution in [2.45, 2.75) is 30.8 Å². The van der Waals surface area contributed by atoms with E-state index in [1.807, 2.05) is 0 Å². The third kappa shape index (κ3) is 3.06. The first-order chi connectivity index (χ1) is 8.83. The quantitative estimate of drug-likeness (QED) is 0.815. The standard InChI is InChI=1S/C13H15F4NO/c14-12(5-7-18-8-6-12)11(19)9-1-3-10(4-2-9)13(15,16)17/h1-4,11,18-19H,5-8H2. The lowest BCUT2D eigenvalue weighted by molar-refractivity contribution is -0.137. The van der Waals surface area contributed by atoms with Crippen LogP contribution in [0.1, 0.15) is 30.1 Å². The van der Waals surface area contributed by atoms with Crippen LogP contribution in [-0.4, -0.2) is 23.9 Å². The monoisotopic (exact) mass is 277 g/mol. The van der Waals surface area contributed by atoms with Crippen molar-refractivity contribution < 1.29 is 22.7 Å². The van der Waals surface area contributed by atoms with Crippen LogP contribution in [0.5, 0.6) is 0 Å². The summed E-state index contributed by atoms with van der Waals surface area (Å²) < 4.78 is 51.7. The van der Waals surface area contributed by atoms with Gasteiger partial charge in [0, 0.05) is 0 Å². The van der Waals surface area contributed by atoms with Gasteiger partial charge in [0.1, 0.15) is 11.8 Å². The molecular weight excluding hydrogens is 262 g/mol. The van der Waals surface area contributed by atoms with E-state index in [4.69, 9.17) is 0 Å². The van der Waals surface area contributed by atoms with E-state index < -0.39 is 23.5 Å². The molecule has 106 valence electrons. The molecule has 1 aromatic rings. The number of alkyl halides is 4. The van der Waals surface area contributed by atoms with Crippen LogP contribution >= 0.6 is 0 Å². The molecule has 0 aliphatic carbocycles. The average Bonchev–Trinajstić information content (AvgIpc) is 2.38. The number of aliphatic hydroxyl groups is 1. The van der Waals surface area contributed by atoms with Gasteiger partial charge in [-0.05, 0) is 43.6 Å². The van der Waals surface area contributed by atoms with Gasteiger partial charge in [0.05, 0.1) is 5.56 Å². The Balaban J connectivity index is 2.17. The van der Waals surface area contributed by atoms with Gasteiger partial charge >= 0.3 is 6.18 Å². The molecule has 1 fully saturated rings. The largest absolute Gasteiger partial charge is 0.416 e. The molecule has 2 N–H and O–H groups in total. The lowest BCUT2D eigenvalue weighted by Gasteiger charge is -2.34. The van der Waals surface area contributed by atoms with Crippen molar-refractivity contribution in [1.82, 2.24) is 5.32 Å². The minimum absolute atomic E-state index is 0.148. The van der Waals surface area contributed by atoms with E-state index in [0.29, 0.717) is 13.1 Å². The highest BCUT2D eigenvalue weighted by molar-refractivity contribution is 5.27. The second-order valence-corrected chi connectivity index (χ2v) is 4.81. The van der Waals surface area contributed by atoms with Crippen LogP contribution < -0.4 is 5.32 Å². The van der Waals surface area contributed by atoms with Gasteiger partial charge in [-0.25, -0.2) is 4.39 Å². The van der Waals surface area contributed by atoms with Crippen molar-refractivity contribution in [1.29, 1.82) is 0 Å². The molecule has 1 atom stereocenters. The molecule has 19 heavy (non-hydrogen) atoms. The number of rotatable bonds is 2. The Bertz CT molecular complexity index is 423. The number of halogens is 4. The summed E-state index contributed by atoms with van der Waals surface area (Å²) in [7, 11) is 0. The molecule has 0 bridgehead atoms. The zero-order valence-electron chi connectivity index (χ0n) is 10.2. The number of piperidine rings is 1. The number of aliphatic hydroxyl groups excluding tert-OH is 1. The Morgan fingerprint density at radius 3 is 2.11 bits per heavy atom. The highest BCUT2D eigenvalue weighted by Gasteiger charge is 2.40. The van der Waals surface area contributed by atoms with E-state index in [1.54, 1.807) is 0 Å². The van der Waals surface area contributed by atoms with Crippen LogP contribution in [0.2, 0.25) is 0 Å². The first-order valence-corrected chi connectivity index (χ1v) is 6.08. The summed E-state index contributed by atoms with van der Waals surface area (Å²) in [5.41, 5.74) is -2.40. The van der Waals surface area contributed by atoms with E-state index in [0.717, 1.165) is 24.3 Å². The Kier molecular flexibility index (Phi) is 3.82. The SMILES string of the molecule is OC(c1ccc(C(F)(F)F)cc1)C1(F)CCNCC1. The number of nitrogens with one attached hydrogen (secondary N) is 1. The molecule has 6 heteroatoms. The van der Waals surface area contributed by atoms with Crippen molar-refractivity contribution in [3.63, 3.8) is 0 Å². The molecule has 2 rings (SSSR count). The van der Waals surface area contributed by atoms with Gasteiger partial charge in [0.25, 0.3) is 0 Å². The number of hydrogen-bond donors (Lipinski definition) is 2. The van der Waals surface area contributed by atoms with Gasteiger partial charge < -0.3 is 10.4 Å². The van der Waals surface area contributed by atoms with Crippen LogP contribution in [0.4, 0.5) is 17.6 Å². The van der Waals surface area contributed by atoms with Crippen molar-refractivity contribution in [3.8, 4) is 0 Å². The Morgan fingerprint density at radius 2 is 1.63 bits per heavy atom. The highest BCUT2D eigenvalue weighted by Crippen LogP contribution is 2.38. The molecule has 0 amide bonds. The second-order valence-electron chi connectivity index (χ2n) is 4.81. The molecule has 1 aliphatic rings. The summed E-state index contributed by atoms with van der Waals surface area (Å²) in [5, 5.41) is 13.0. The smallest absolute Gasteiger partial charge is 0.385 e. The lowest BCUT2D eigenvalue weighted by atomic mass is 9.85. The van der Waals surface area contributed by atoms with Gasteiger partial charge in [0.2, 0.25) is 0 Å². The number of hydrogen-bond acceptors (Lipinski definition) is 2. The maximum Gasteiger partial charge on any atom is 0.416 e. The van der Waals surface area contributed by atoms with Crippen molar-refractivity contribution in [2.24, 2.45) is 0 Å². The molecular formula is C13H15F4NO. The summed E-state index contributed by atoms with van der Waals surface area (Å²) in [5.74, 6) is 0. The summed E-state index contributed by atoms with van der Waals surface area (Å²) in [6.07, 6.45) is -5.52. The van der Waals surface area contributed by atoms with Crippen molar-refractivity contribution >= 4 is 0 Å². The fraction of sp³-hybridized carbons (Fsp3) is 0.538. The Labute approximate surface area is 108 Å². The van der Waals surface area contributed by atoms with Crippen LogP contribution in [0.3, 0.4) is 0 Å². The molecule has 0 saturated carbocycles. The maximum absolute atomic E-state index is 14.5. The first kappa shape index (κ1) is 14.3. The molecule has 1 saturated heterocycles. The lowest BCUT2D eigenvalue weighted by Crippen LogP contribution is -2.42. The highest BCUT2D eigenvalue weighted by atomic mass is 19.4. The number of benzene rings is 1. The fourth-order valence-corrected chi connectivity index (χ4v) is 2.27. The Hall–Kier alpha value is -1.14. The van der Waals surface area contributed by atoms with E-state index in [2.05, 4.69) is 5.32 Å². The normalized spacial score (nSPS) is 21.1. The predicted molar refractivity (Wildman–Crippen MR) is 62.3 cm³/mol. The van der Waals surface area contributed by atoms with E-state index >= 15 is 0 Å². The third-order valence-electron chi connectivity index (χ3n) is 3.48. The molecule has 0 radical (unpaired) electrons.